The molecule has 20 heavy (non-hydrogen) atoms. The number of rotatable bonds is 7. The summed E-state index contributed by atoms with van der Waals surface area (Å²) in [5.41, 5.74) is 5.69. The van der Waals surface area contributed by atoms with Gasteiger partial charge in [-0.15, -0.1) is 0 Å². The fourth-order valence-electron chi connectivity index (χ4n) is 3.50. The third-order valence-corrected chi connectivity index (χ3v) is 6.65. The van der Waals surface area contributed by atoms with Crippen molar-refractivity contribution in [2.75, 3.05) is 26.2 Å². The highest BCUT2D eigenvalue weighted by atomic mass is 32.2. The number of hydrogen-bond donors (Lipinski definition) is 2. The second-order valence-electron chi connectivity index (χ2n) is 6.79. The van der Waals surface area contributed by atoms with Crippen LogP contribution in [0.1, 0.15) is 38.5 Å². The van der Waals surface area contributed by atoms with E-state index < -0.39 is 10.2 Å². The summed E-state index contributed by atoms with van der Waals surface area (Å²) in [6.45, 7) is 2.45. The monoisotopic (exact) mass is 301 g/mol. The van der Waals surface area contributed by atoms with E-state index in [0.29, 0.717) is 38.0 Å². The van der Waals surface area contributed by atoms with Gasteiger partial charge in [-0.3, -0.25) is 0 Å². The Bertz CT molecular complexity index is 420. The quantitative estimate of drug-likeness (QED) is 0.734. The molecule has 0 spiro atoms. The van der Waals surface area contributed by atoms with E-state index >= 15 is 0 Å². The van der Waals surface area contributed by atoms with Gasteiger partial charge in [-0.25, -0.2) is 4.72 Å². The smallest absolute Gasteiger partial charge is 0.279 e. The molecule has 2 aliphatic carbocycles. The van der Waals surface area contributed by atoms with Crippen molar-refractivity contribution in [3.05, 3.63) is 0 Å². The Morgan fingerprint density at radius 2 is 1.80 bits per heavy atom. The summed E-state index contributed by atoms with van der Waals surface area (Å²) in [6, 6.07) is 0. The maximum Gasteiger partial charge on any atom is 0.279 e. The molecule has 2 saturated carbocycles. The molecule has 0 amide bonds. The third-order valence-electron chi connectivity index (χ3n) is 5.11. The lowest BCUT2D eigenvalue weighted by molar-refractivity contribution is 0.267. The van der Waals surface area contributed by atoms with Crippen molar-refractivity contribution >= 4 is 10.2 Å². The van der Waals surface area contributed by atoms with E-state index in [1.807, 2.05) is 0 Å². The molecule has 0 aromatic carbocycles. The predicted octanol–water partition coefficient (Wildman–Crippen LogP) is 0.928. The minimum atomic E-state index is -3.31. The van der Waals surface area contributed by atoms with Gasteiger partial charge in [0, 0.05) is 19.6 Å². The maximum atomic E-state index is 12.4. The van der Waals surface area contributed by atoms with Gasteiger partial charge in [-0.2, -0.15) is 12.7 Å². The Morgan fingerprint density at radius 3 is 2.35 bits per heavy atom. The third kappa shape index (κ3) is 3.53. The molecule has 0 bridgehead atoms. The summed E-state index contributed by atoms with van der Waals surface area (Å²) in [4.78, 5) is 0. The van der Waals surface area contributed by atoms with Gasteiger partial charge in [0.2, 0.25) is 0 Å². The van der Waals surface area contributed by atoms with Gasteiger partial charge in [0.1, 0.15) is 0 Å². The molecule has 5 nitrogen and oxygen atoms in total. The number of nitrogens with two attached hydrogens (primary N) is 1. The van der Waals surface area contributed by atoms with E-state index in [-0.39, 0.29) is 0 Å². The number of nitrogens with one attached hydrogen (secondary N) is 1. The first-order valence-electron chi connectivity index (χ1n) is 8.05. The van der Waals surface area contributed by atoms with Crippen LogP contribution in [0.2, 0.25) is 0 Å². The molecule has 0 radical (unpaired) electrons. The van der Waals surface area contributed by atoms with Crippen molar-refractivity contribution in [2.45, 2.75) is 38.5 Å². The highest BCUT2D eigenvalue weighted by molar-refractivity contribution is 7.87. The average Bonchev–Trinajstić information content (AvgIpc) is 3.32. The van der Waals surface area contributed by atoms with Crippen LogP contribution in [0.4, 0.5) is 0 Å². The molecular formula is C14H27N3O2S. The summed E-state index contributed by atoms with van der Waals surface area (Å²) in [6.07, 6.45) is 7.15. The van der Waals surface area contributed by atoms with Crippen molar-refractivity contribution < 1.29 is 8.42 Å². The first-order chi connectivity index (χ1) is 9.60. The summed E-state index contributed by atoms with van der Waals surface area (Å²) in [7, 11) is -3.31. The second-order valence-corrected chi connectivity index (χ2v) is 8.55. The lowest BCUT2D eigenvalue weighted by Gasteiger charge is -2.31. The van der Waals surface area contributed by atoms with Crippen LogP contribution in [0.3, 0.4) is 0 Å². The number of nitrogens with zero attached hydrogens (tertiary/aromatic N) is 1. The zero-order valence-corrected chi connectivity index (χ0v) is 12.9. The van der Waals surface area contributed by atoms with Gasteiger partial charge in [-0.05, 0) is 68.7 Å². The Morgan fingerprint density at radius 1 is 1.15 bits per heavy atom. The van der Waals surface area contributed by atoms with Gasteiger partial charge >= 0.3 is 0 Å². The summed E-state index contributed by atoms with van der Waals surface area (Å²) in [5.74, 6) is 2.47. The lowest BCUT2D eigenvalue weighted by Crippen LogP contribution is -2.48. The van der Waals surface area contributed by atoms with Crippen LogP contribution in [0.25, 0.3) is 0 Å². The molecule has 6 heteroatoms. The van der Waals surface area contributed by atoms with Gasteiger partial charge < -0.3 is 5.73 Å². The molecule has 0 aromatic rings. The molecule has 0 aromatic heterocycles. The topological polar surface area (TPSA) is 75.4 Å². The van der Waals surface area contributed by atoms with Crippen LogP contribution in [0.15, 0.2) is 0 Å². The van der Waals surface area contributed by atoms with Crippen molar-refractivity contribution in [3.8, 4) is 0 Å². The molecule has 3 aliphatic rings. The second kappa shape index (κ2) is 5.91. The minimum Gasteiger partial charge on any atom is -0.330 e. The fourth-order valence-corrected chi connectivity index (χ4v) is 4.86. The summed E-state index contributed by atoms with van der Waals surface area (Å²) >= 11 is 0. The van der Waals surface area contributed by atoms with Gasteiger partial charge in [0.15, 0.2) is 0 Å². The molecule has 3 N–H and O–H groups in total. The average molecular weight is 301 g/mol. The number of hydrogen-bond acceptors (Lipinski definition) is 3. The Hall–Kier alpha value is -0.170. The van der Waals surface area contributed by atoms with E-state index in [9.17, 15) is 8.42 Å². The normalized spacial score (nSPS) is 29.0. The Labute approximate surface area is 122 Å². The zero-order valence-electron chi connectivity index (χ0n) is 12.1. The molecule has 1 heterocycles. The van der Waals surface area contributed by atoms with E-state index in [2.05, 4.69) is 4.72 Å². The van der Waals surface area contributed by atoms with Crippen LogP contribution < -0.4 is 10.5 Å². The SMILES string of the molecule is NCC1CCCN(S(=O)(=O)NCC(C2CC2)C2CC2)C1. The first-order valence-corrected chi connectivity index (χ1v) is 9.49. The van der Waals surface area contributed by atoms with Crippen LogP contribution in [-0.2, 0) is 10.2 Å². The largest absolute Gasteiger partial charge is 0.330 e. The zero-order chi connectivity index (χ0) is 14.2. The van der Waals surface area contributed by atoms with Crippen molar-refractivity contribution in [1.29, 1.82) is 0 Å². The Kier molecular flexibility index (Phi) is 4.36. The first kappa shape index (κ1) is 14.8. The molecule has 1 saturated heterocycles. The fraction of sp³-hybridized carbons (Fsp3) is 1.00. The molecule has 3 fully saturated rings. The minimum absolute atomic E-state index is 0.322. The maximum absolute atomic E-state index is 12.4. The number of piperidine rings is 1. The van der Waals surface area contributed by atoms with Crippen LogP contribution in [-0.4, -0.2) is 38.9 Å². The van der Waals surface area contributed by atoms with Crippen LogP contribution in [0, 0.1) is 23.7 Å². The molecule has 3 rings (SSSR count). The van der Waals surface area contributed by atoms with E-state index in [1.165, 1.54) is 25.7 Å². The predicted molar refractivity (Wildman–Crippen MR) is 79.2 cm³/mol. The Balaban J connectivity index is 1.54. The summed E-state index contributed by atoms with van der Waals surface area (Å²) < 4.78 is 29.3. The van der Waals surface area contributed by atoms with Crippen molar-refractivity contribution in [2.24, 2.45) is 29.4 Å². The van der Waals surface area contributed by atoms with Crippen molar-refractivity contribution in [3.63, 3.8) is 0 Å². The molecule has 1 atom stereocenters. The van der Waals surface area contributed by atoms with Crippen LogP contribution in [0.5, 0.6) is 0 Å². The van der Waals surface area contributed by atoms with Gasteiger partial charge in [0.25, 0.3) is 10.2 Å². The van der Waals surface area contributed by atoms with E-state index in [4.69, 9.17) is 5.73 Å². The highest BCUT2D eigenvalue weighted by Crippen LogP contribution is 2.48. The van der Waals surface area contributed by atoms with Gasteiger partial charge in [-0.1, -0.05) is 0 Å². The molecule has 1 unspecified atom stereocenters. The molecular weight excluding hydrogens is 274 g/mol. The summed E-state index contributed by atoms with van der Waals surface area (Å²) in [5, 5.41) is 0. The molecule has 116 valence electrons. The van der Waals surface area contributed by atoms with E-state index in [1.54, 1.807) is 4.31 Å². The van der Waals surface area contributed by atoms with Crippen LogP contribution >= 0.6 is 0 Å². The van der Waals surface area contributed by atoms with Gasteiger partial charge in [0.05, 0.1) is 0 Å². The lowest BCUT2D eigenvalue weighted by atomic mass is 9.99. The van der Waals surface area contributed by atoms with E-state index in [0.717, 1.165) is 24.7 Å². The molecule has 1 aliphatic heterocycles. The standard InChI is InChI=1S/C14H27N3O2S/c15-8-11-2-1-7-17(10-11)20(18,19)16-9-14(12-3-4-12)13-5-6-13/h11-14,16H,1-10,15H2. The van der Waals surface area contributed by atoms with Crippen molar-refractivity contribution in [1.82, 2.24) is 9.03 Å². The highest BCUT2D eigenvalue weighted by Gasteiger charge is 2.42.